The summed E-state index contributed by atoms with van der Waals surface area (Å²) in [4.78, 5) is 23.0. The molecule has 0 aliphatic carbocycles. The highest BCUT2D eigenvalue weighted by atomic mass is 32.2. The summed E-state index contributed by atoms with van der Waals surface area (Å²) in [6.45, 7) is 6.44. The number of piperidine rings is 1. The summed E-state index contributed by atoms with van der Waals surface area (Å²) in [5.74, 6) is 0.465. The maximum Gasteiger partial charge on any atom is 0.270 e. The van der Waals surface area contributed by atoms with Crippen LogP contribution in [-0.2, 0) is 21.2 Å². The first kappa shape index (κ1) is 25.6. The number of nitro benzene ring substituents is 1. The van der Waals surface area contributed by atoms with E-state index < -0.39 is 14.9 Å². The highest BCUT2D eigenvalue weighted by molar-refractivity contribution is 7.89. The van der Waals surface area contributed by atoms with Crippen molar-refractivity contribution in [2.75, 3.05) is 19.6 Å². The predicted molar refractivity (Wildman–Crippen MR) is 128 cm³/mol. The number of hydrogen-bond acceptors (Lipinski definition) is 6. The average Bonchev–Trinajstić information content (AvgIpc) is 2.80. The van der Waals surface area contributed by atoms with E-state index in [2.05, 4.69) is 5.32 Å². The Morgan fingerprint density at radius 3 is 2.41 bits per heavy atom. The maximum atomic E-state index is 13.1. The van der Waals surface area contributed by atoms with E-state index in [1.165, 1.54) is 16.4 Å². The molecule has 2 aromatic rings. The number of amides is 1. The Hall–Kier alpha value is -2.98. The molecule has 184 valence electrons. The Morgan fingerprint density at radius 1 is 1.18 bits per heavy atom. The summed E-state index contributed by atoms with van der Waals surface area (Å²) in [7, 11) is -3.88. The lowest BCUT2D eigenvalue weighted by Crippen LogP contribution is -2.43. The Bertz CT molecular complexity index is 1120. The number of aryl methyl sites for hydroxylation is 1. The minimum absolute atomic E-state index is 0.0607. The molecule has 1 N–H and O–H groups in total. The zero-order chi connectivity index (χ0) is 24.9. The molecule has 0 atom stereocenters. The Balaban J connectivity index is 1.51. The third-order valence-electron chi connectivity index (χ3n) is 5.83. The number of hydrogen-bond donors (Lipinski definition) is 1. The van der Waals surface area contributed by atoms with Crippen LogP contribution >= 0.6 is 0 Å². The number of nitro groups is 1. The van der Waals surface area contributed by atoms with Crippen LogP contribution < -0.4 is 10.1 Å². The molecule has 1 fully saturated rings. The SMILES string of the molecule is Cc1ccc([N+](=O)[O-])cc1S(=O)(=O)N1CCC(C(=O)NCCc2ccc(OC(C)C)cc2)CC1. The Morgan fingerprint density at radius 2 is 1.82 bits per heavy atom. The van der Waals surface area contributed by atoms with Gasteiger partial charge in [0.1, 0.15) is 5.75 Å². The first-order chi connectivity index (χ1) is 16.1. The van der Waals surface area contributed by atoms with Gasteiger partial charge < -0.3 is 10.1 Å². The fraction of sp³-hybridized carbons (Fsp3) is 0.458. The van der Waals surface area contributed by atoms with Crippen molar-refractivity contribution in [1.82, 2.24) is 9.62 Å². The van der Waals surface area contributed by atoms with E-state index in [9.17, 15) is 23.3 Å². The van der Waals surface area contributed by atoms with Crippen molar-refractivity contribution < 1.29 is 22.9 Å². The van der Waals surface area contributed by atoms with Gasteiger partial charge in [-0.15, -0.1) is 0 Å². The molecule has 9 nitrogen and oxygen atoms in total. The van der Waals surface area contributed by atoms with E-state index in [4.69, 9.17) is 4.74 Å². The number of benzene rings is 2. The topological polar surface area (TPSA) is 119 Å². The van der Waals surface area contributed by atoms with Crippen LogP contribution in [0.2, 0.25) is 0 Å². The largest absolute Gasteiger partial charge is 0.491 e. The van der Waals surface area contributed by atoms with Gasteiger partial charge in [-0.05, 0) is 63.3 Å². The standard InChI is InChI=1S/C24H31N3O6S/c1-17(2)33-22-8-5-19(6-9-22)10-13-25-24(28)20-11-14-26(15-12-20)34(31,32)23-16-21(27(29)30)7-4-18(23)3/h4-9,16-17,20H,10-15H2,1-3H3,(H,25,28). The lowest BCUT2D eigenvalue weighted by atomic mass is 9.97. The number of ether oxygens (including phenoxy) is 1. The first-order valence-electron chi connectivity index (χ1n) is 11.4. The Kier molecular flexibility index (Phi) is 8.27. The van der Waals surface area contributed by atoms with Gasteiger partial charge in [0.2, 0.25) is 15.9 Å². The van der Waals surface area contributed by atoms with Gasteiger partial charge in [0, 0.05) is 37.7 Å². The number of non-ortho nitro benzene ring substituents is 1. The van der Waals surface area contributed by atoms with E-state index in [0.29, 0.717) is 31.4 Å². The summed E-state index contributed by atoms with van der Waals surface area (Å²) in [5.41, 5.74) is 1.28. The van der Waals surface area contributed by atoms with Gasteiger partial charge in [0.25, 0.3) is 5.69 Å². The van der Waals surface area contributed by atoms with Crippen molar-refractivity contribution in [1.29, 1.82) is 0 Å². The third kappa shape index (κ3) is 6.32. The van der Waals surface area contributed by atoms with Crippen LogP contribution in [0.1, 0.15) is 37.8 Å². The fourth-order valence-electron chi connectivity index (χ4n) is 3.96. The van der Waals surface area contributed by atoms with Crippen LogP contribution in [0.5, 0.6) is 5.75 Å². The molecule has 3 rings (SSSR count). The van der Waals surface area contributed by atoms with E-state index in [0.717, 1.165) is 17.4 Å². The molecule has 10 heteroatoms. The molecule has 1 saturated heterocycles. The van der Waals surface area contributed by atoms with Crippen molar-refractivity contribution in [3.05, 3.63) is 63.7 Å². The molecular formula is C24H31N3O6S. The van der Waals surface area contributed by atoms with Gasteiger partial charge in [0.05, 0.1) is 15.9 Å². The molecule has 1 heterocycles. The molecular weight excluding hydrogens is 458 g/mol. The minimum atomic E-state index is -3.88. The lowest BCUT2D eigenvalue weighted by Gasteiger charge is -2.30. The van der Waals surface area contributed by atoms with E-state index >= 15 is 0 Å². The van der Waals surface area contributed by atoms with Crippen molar-refractivity contribution in [2.45, 2.75) is 51.0 Å². The van der Waals surface area contributed by atoms with Crippen LogP contribution in [-0.4, -0.2) is 49.3 Å². The number of carbonyl (C=O) groups excluding carboxylic acids is 1. The molecule has 2 aromatic carbocycles. The molecule has 0 saturated carbocycles. The van der Waals surface area contributed by atoms with Crippen LogP contribution in [0.15, 0.2) is 47.4 Å². The van der Waals surface area contributed by atoms with E-state index in [-0.39, 0.29) is 41.6 Å². The van der Waals surface area contributed by atoms with Gasteiger partial charge in [-0.3, -0.25) is 14.9 Å². The van der Waals surface area contributed by atoms with E-state index in [1.54, 1.807) is 6.92 Å². The van der Waals surface area contributed by atoms with Crippen LogP contribution in [0.4, 0.5) is 5.69 Å². The summed E-state index contributed by atoms with van der Waals surface area (Å²) < 4.78 is 33.1. The summed E-state index contributed by atoms with van der Waals surface area (Å²) in [6.07, 6.45) is 1.61. The number of rotatable bonds is 9. The fourth-order valence-corrected chi connectivity index (χ4v) is 5.67. The van der Waals surface area contributed by atoms with Crippen LogP contribution in [0.3, 0.4) is 0 Å². The molecule has 1 aliphatic heterocycles. The third-order valence-corrected chi connectivity index (χ3v) is 7.87. The van der Waals surface area contributed by atoms with Crippen LogP contribution in [0, 0.1) is 23.0 Å². The highest BCUT2D eigenvalue weighted by Gasteiger charge is 2.33. The number of sulfonamides is 1. The number of nitrogens with zero attached hydrogens (tertiary/aromatic N) is 2. The summed E-state index contributed by atoms with van der Waals surface area (Å²) in [5, 5.41) is 14.0. The zero-order valence-electron chi connectivity index (χ0n) is 19.7. The normalized spacial score (nSPS) is 15.3. The smallest absolute Gasteiger partial charge is 0.270 e. The first-order valence-corrected chi connectivity index (χ1v) is 12.8. The molecule has 0 unspecified atom stereocenters. The molecule has 0 aromatic heterocycles. The zero-order valence-corrected chi connectivity index (χ0v) is 20.5. The van der Waals surface area contributed by atoms with Gasteiger partial charge in [-0.2, -0.15) is 4.31 Å². The number of nitrogens with one attached hydrogen (secondary N) is 1. The molecule has 0 spiro atoms. The summed E-state index contributed by atoms with van der Waals surface area (Å²) >= 11 is 0. The van der Waals surface area contributed by atoms with Gasteiger partial charge in [0.15, 0.2) is 0 Å². The van der Waals surface area contributed by atoms with Crippen LogP contribution in [0.25, 0.3) is 0 Å². The number of carbonyl (C=O) groups is 1. The second-order valence-corrected chi connectivity index (χ2v) is 10.6. The van der Waals surface area contributed by atoms with Gasteiger partial charge in [-0.25, -0.2) is 8.42 Å². The van der Waals surface area contributed by atoms with Crippen molar-refractivity contribution >= 4 is 21.6 Å². The predicted octanol–water partition coefficient (Wildman–Crippen LogP) is 3.45. The maximum absolute atomic E-state index is 13.1. The second kappa shape index (κ2) is 11.0. The monoisotopic (exact) mass is 489 g/mol. The lowest BCUT2D eigenvalue weighted by molar-refractivity contribution is -0.385. The van der Waals surface area contributed by atoms with Gasteiger partial charge in [-0.1, -0.05) is 18.2 Å². The minimum Gasteiger partial charge on any atom is -0.491 e. The quantitative estimate of drug-likeness (QED) is 0.426. The van der Waals surface area contributed by atoms with Crippen molar-refractivity contribution in [3.8, 4) is 5.75 Å². The average molecular weight is 490 g/mol. The Labute approximate surface area is 200 Å². The molecule has 0 bridgehead atoms. The van der Waals surface area contributed by atoms with Gasteiger partial charge >= 0.3 is 0 Å². The molecule has 0 radical (unpaired) electrons. The highest BCUT2D eigenvalue weighted by Crippen LogP contribution is 2.28. The van der Waals surface area contributed by atoms with E-state index in [1.807, 2.05) is 38.1 Å². The van der Waals surface area contributed by atoms with Crippen molar-refractivity contribution in [3.63, 3.8) is 0 Å². The molecule has 34 heavy (non-hydrogen) atoms. The second-order valence-electron chi connectivity index (χ2n) is 8.74. The molecule has 1 amide bonds. The van der Waals surface area contributed by atoms with Crippen molar-refractivity contribution in [2.24, 2.45) is 5.92 Å². The molecule has 1 aliphatic rings. The summed E-state index contributed by atoms with van der Waals surface area (Å²) in [6, 6.07) is 11.6.